The van der Waals surface area contributed by atoms with Gasteiger partial charge in [-0.25, -0.2) is 0 Å². The standard InChI is InChI=1S/C11H10BrCl2NO2/c1-15(2)11(17)9(12)10(16)7-4-3-6(13)5-8(7)14/h3-5,9H,1-2H3. The number of alkyl halides is 1. The van der Waals surface area contributed by atoms with Crippen LogP contribution in [0.1, 0.15) is 10.4 Å². The number of hydrogen-bond donors (Lipinski definition) is 0. The molecule has 1 aromatic rings. The van der Waals surface area contributed by atoms with Gasteiger partial charge in [0.25, 0.3) is 0 Å². The molecule has 0 aliphatic carbocycles. The van der Waals surface area contributed by atoms with Crippen LogP contribution in [0.3, 0.4) is 0 Å². The summed E-state index contributed by atoms with van der Waals surface area (Å²) in [7, 11) is 3.15. The van der Waals surface area contributed by atoms with Gasteiger partial charge in [0.2, 0.25) is 5.91 Å². The monoisotopic (exact) mass is 337 g/mol. The normalized spacial score (nSPS) is 12.1. The van der Waals surface area contributed by atoms with Crippen LogP contribution in [0.5, 0.6) is 0 Å². The largest absolute Gasteiger partial charge is 0.347 e. The Hall–Kier alpha value is -0.580. The summed E-state index contributed by atoms with van der Waals surface area (Å²) in [5, 5.41) is 0.676. The van der Waals surface area contributed by atoms with Gasteiger partial charge in [-0.15, -0.1) is 0 Å². The van der Waals surface area contributed by atoms with Crippen molar-refractivity contribution in [3.63, 3.8) is 0 Å². The number of carbonyl (C=O) groups is 2. The SMILES string of the molecule is CN(C)C(=O)C(Br)C(=O)c1ccc(Cl)cc1Cl. The molecule has 0 fully saturated rings. The van der Waals surface area contributed by atoms with Gasteiger partial charge in [-0.1, -0.05) is 39.1 Å². The first-order valence-corrected chi connectivity index (χ1v) is 6.36. The minimum absolute atomic E-state index is 0.235. The van der Waals surface area contributed by atoms with Gasteiger partial charge in [-0.3, -0.25) is 9.59 Å². The van der Waals surface area contributed by atoms with E-state index in [4.69, 9.17) is 23.2 Å². The van der Waals surface area contributed by atoms with Crippen LogP contribution in [-0.4, -0.2) is 35.5 Å². The molecule has 1 aromatic carbocycles. The Bertz CT molecular complexity index is 463. The molecule has 0 aliphatic rings. The zero-order chi connectivity index (χ0) is 13.2. The van der Waals surface area contributed by atoms with Crippen molar-refractivity contribution >= 4 is 50.8 Å². The van der Waals surface area contributed by atoms with E-state index in [1.165, 1.54) is 17.0 Å². The number of ketones is 1. The lowest BCUT2D eigenvalue weighted by Gasteiger charge is -2.15. The van der Waals surface area contributed by atoms with Crippen molar-refractivity contribution in [2.75, 3.05) is 14.1 Å². The Morgan fingerprint density at radius 1 is 1.29 bits per heavy atom. The molecule has 0 saturated heterocycles. The predicted octanol–water partition coefficient (Wildman–Crippen LogP) is 3.03. The number of Topliss-reactive ketones (excluding diaryl/α,β-unsaturated/α-hetero) is 1. The van der Waals surface area contributed by atoms with Gasteiger partial charge in [-0.05, 0) is 18.2 Å². The summed E-state index contributed by atoms with van der Waals surface area (Å²) < 4.78 is 0. The molecule has 92 valence electrons. The second kappa shape index (κ2) is 5.85. The van der Waals surface area contributed by atoms with E-state index < -0.39 is 4.83 Å². The molecular weight excluding hydrogens is 329 g/mol. The molecule has 1 unspecified atom stereocenters. The third-order valence-corrected chi connectivity index (χ3v) is 3.44. The van der Waals surface area contributed by atoms with Crippen LogP contribution in [0.15, 0.2) is 18.2 Å². The lowest BCUT2D eigenvalue weighted by molar-refractivity contribution is -0.127. The smallest absolute Gasteiger partial charge is 0.243 e. The molecule has 0 N–H and O–H groups in total. The molecule has 1 rings (SSSR count). The summed E-state index contributed by atoms with van der Waals surface area (Å²) >= 11 is 14.7. The van der Waals surface area contributed by atoms with Crippen LogP contribution in [0.4, 0.5) is 0 Å². The molecule has 0 saturated carbocycles. The van der Waals surface area contributed by atoms with E-state index in [1.54, 1.807) is 20.2 Å². The molecule has 1 amide bonds. The molecule has 0 aliphatic heterocycles. The molecule has 0 radical (unpaired) electrons. The van der Waals surface area contributed by atoms with Gasteiger partial charge in [0, 0.05) is 24.7 Å². The van der Waals surface area contributed by atoms with Crippen LogP contribution in [0.2, 0.25) is 10.0 Å². The Labute approximate surface area is 118 Å². The number of carbonyl (C=O) groups excluding carboxylic acids is 2. The van der Waals surface area contributed by atoms with Gasteiger partial charge in [0.15, 0.2) is 10.6 Å². The highest BCUT2D eigenvalue weighted by Crippen LogP contribution is 2.24. The molecule has 17 heavy (non-hydrogen) atoms. The van der Waals surface area contributed by atoms with Gasteiger partial charge >= 0.3 is 0 Å². The molecule has 6 heteroatoms. The number of amides is 1. The maximum absolute atomic E-state index is 12.0. The summed E-state index contributed by atoms with van der Waals surface area (Å²) in [4.78, 5) is 24.0. The minimum atomic E-state index is -0.934. The Morgan fingerprint density at radius 3 is 2.35 bits per heavy atom. The fraction of sp³-hybridized carbons (Fsp3) is 0.273. The van der Waals surface area contributed by atoms with Crippen LogP contribution in [-0.2, 0) is 4.79 Å². The van der Waals surface area contributed by atoms with Crippen LogP contribution >= 0.6 is 39.1 Å². The highest BCUT2D eigenvalue weighted by atomic mass is 79.9. The van der Waals surface area contributed by atoms with Crippen molar-refractivity contribution in [3.8, 4) is 0 Å². The predicted molar refractivity (Wildman–Crippen MR) is 72.2 cm³/mol. The topological polar surface area (TPSA) is 37.4 Å². The summed E-state index contributed by atoms with van der Waals surface area (Å²) in [6.07, 6.45) is 0. The average Bonchev–Trinajstić information content (AvgIpc) is 2.26. The Morgan fingerprint density at radius 2 is 1.88 bits per heavy atom. The van der Waals surface area contributed by atoms with Crippen LogP contribution in [0, 0.1) is 0 Å². The fourth-order valence-electron chi connectivity index (χ4n) is 1.16. The van der Waals surface area contributed by atoms with Gasteiger partial charge in [0.1, 0.15) is 0 Å². The Kier molecular flexibility index (Phi) is 4.98. The van der Waals surface area contributed by atoms with Crippen molar-refractivity contribution in [1.82, 2.24) is 4.90 Å². The first kappa shape index (κ1) is 14.5. The van der Waals surface area contributed by atoms with E-state index in [0.717, 1.165) is 0 Å². The average molecular weight is 339 g/mol. The van der Waals surface area contributed by atoms with Gasteiger partial charge in [-0.2, -0.15) is 0 Å². The lowest BCUT2D eigenvalue weighted by atomic mass is 10.1. The molecule has 0 aromatic heterocycles. The third-order valence-electron chi connectivity index (χ3n) is 2.08. The number of rotatable bonds is 3. The first-order valence-electron chi connectivity index (χ1n) is 4.69. The highest BCUT2D eigenvalue weighted by Gasteiger charge is 2.27. The van der Waals surface area contributed by atoms with E-state index in [1.807, 2.05) is 0 Å². The van der Waals surface area contributed by atoms with Crippen molar-refractivity contribution < 1.29 is 9.59 Å². The highest BCUT2D eigenvalue weighted by molar-refractivity contribution is 9.10. The van der Waals surface area contributed by atoms with Gasteiger partial charge < -0.3 is 4.90 Å². The first-order chi connectivity index (χ1) is 7.84. The summed E-state index contributed by atoms with van der Waals surface area (Å²) in [5.74, 6) is -0.716. The van der Waals surface area contributed by atoms with E-state index in [0.29, 0.717) is 5.02 Å². The second-order valence-electron chi connectivity index (χ2n) is 3.58. The van der Waals surface area contributed by atoms with E-state index in [-0.39, 0.29) is 22.3 Å². The quantitative estimate of drug-likeness (QED) is 0.482. The van der Waals surface area contributed by atoms with E-state index >= 15 is 0 Å². The summed E-state index contributed by atoms with van der Waals surface area (Å²) in [6.45, 7) is 0. The number of hydrogen-bond acceptors (Lipinski definition) is 2. The van der Waals surface area contributed by atoms with E-state index in [9.17, 15) is 9.59 Å². The lowest BCUT2D eigenvalue weighted by Crippen LogP contribution is -2.35. The van der Waals surface area contributed by atoms with Crippen LogP contribution in [0.25, 0.3) is 0 Å². The summed E-state index contributed by atoms with van der Waals surface area (Å²) in [6, 6.07) is 4.53. The molecule has 3 nitrogen and oxygen atoms in total. The minimum Gasteiger partial charge on any atom is -0.347 e. The summed E-state index contributed by atoms with van der Waals surface area (Å²) in [5.41, 5.74) is 0.271. The molecular formula is C11H10BrCl2NO2. The van der Waals surface area contributed by atoms with Crippen molar-refractivity contribution in [2.45, 2.75) is 4.83 Å². The van der Waals surface area contributed by atoms with Crippen LogP contribution < -0.4 is 0 Å². The fourth-order valence-corrected chi connectivity index (χ4v) is 2.32. The molecule has 0 heterocycles. The Balaban J connectivity index is 3.01. The third kappa shape index (κ3) is 3.44. The molecule has 0 bridgehead atoms. The maximum atomic E-state index is 12.0. The maximum Gasteiger partial charge on any atom is 0.243 e. The zero-order valence-corrected chi connectivity index (χ0v) is 12.3. The zero-order valence-electron chi connectivity index (χ0n) is 9.21. The van der Waals surface area contributed by atoms with Crippen molar-refractivity contribution in [1.29, 1.82) is 0 Å². The number of benzene rings is 1. The van der Waals surface area contributed by atoms with Gasteiger partial charge in [0.05, 0.1) is 5.02 Å². The van der Waals surface area contributed by atoms with Crippen molar-refractivity contribution in [2.24, 2.45) is 0 Å². The second-order valence-corrected chi connectivity index (χ2v) is 5.34. The number of halogens is 3. The molecule has 0 spiro atoms. The molecule has 1 atom stereocenters. The number of nitrogens with zero attached hydrogens (tertiary/aromatic N) is 1. The van der Waals surface area contributed by atoms with Crippen molar-refractivity contribution in [3.05, 3.63) is 33.8 Å². The van der Waals surface area contributed by atoms with E-state index in [2.05, 4.69) is 15.9 Å².